The van der Waals surface area contributed by atoms with Crippen LogP contribution in [0.5, 0.6) is 0 Å². The maximum Gasteiger partial charge on any atom is 0.193 e. The number of aliphatic imine (C=N–C) groups is 1. The van der Waals surface area contributed by atoms with Crippen LogP contribution in [0.1, 0.15) is 32.0 Å². The molecule has 1 aromatic rings. The Labute approximate surface area is 139 Å². The van der Waals surface area contributed by atoms with E-state index < -0.39 is 0 Å². The normalized spacial score (nSPS) is 18.4. The molecule has 1 aromatic heterocycles. The van der Waals surface area contributed by atoms with Crippen LogP contribution in [0.4, 0.5) is 0 Å². The Kier molecular flexibility index (Phi) is 7.39. The molecule has 23 heavy (non-hydrogen) atoms. The molecule has 6 heteroatoms. The Morgan fingerprint density at radius 1 is 1.52 bits per heavy atom. The van der Waals surface area contributed by atoms with Gasteiger partial charge in [0.1, 0.15) is 5.82 Å². The van der Waals surface area contributed by atoms with Crippen molar-refractivity contribution < 1.29 is 4.74 Å². The van der Waals surface area contributed by atoms with Crippen LogP contribution in [-0.2, 0) is 11.3 Å². The van der Waals surface area contributed by atoms with Crippen LogP contribution in [-0.4, -0.2) is 60.3 Å². The summed E-state index contributed by atoms with van der Waals surface area (Å²) in [4.78, 5) is 11.3. The van der Waals surface area contributed by atoms with Crippen molar-refractivity contribution in [3.63, 3.8) is 0 Å². The lowest BCUT2D eigenvalue weighted by Gasteiger charge is -2.24. The average Bonchev–Trinajstić information content (AvgIpc) is 3.18. The summed E-state index contributed by atoms with van der Waals surface area (Å²) in [5.74, 6) is 2.73. The maximum atomic E-state index is 5.46. The second kappa shape index (κ2) is 9.55. The van der Waals surface area contributed by atoms with Gasteiger partial charge >= 0.3 is 0 Å². The molecule has 2 rings (SSSR count). The molecule has 0 spiro atoms. The Bertz CT molecular complexity index is 479. The molecule has 6 nitrogen and oxygen atoms in total. The average molecular weight is 321 g/mol. The highest BCUT2D eigenvalue weighted by Crippen LogP contribution is 2.13. The first-order valence-corrected chi connectivity index (χ1v) is 8.75. The quantitative estimate of drug-likeness (QED) is 0.451. The monoisotopic (exact) mass is 321 g/mol. The lowest BCUT2D eigenvalue weighted by molar-refractivity contribution is 0.181. The van der Waals surface area contributed by atoms with Crippen molar-refractivity contribution in [1.82, 2.24) is 19.8 Å². The molecule has 1 unspecified atom stereocenters. The number of nitrogens with one attached hydrogen (secondary N) is 1. The minimum Gasteiger partial charge on any atom is -0.381 e. The molecule has 130 valence electrons. The van der Waals surface area contributed by atoms with Gasteiger partial charge in [-0.05, 0) is 33.1 Å². The molecular formula is C17H31N5O. The molecule has 0 aliphatic carbocycles. The first-order chi connectivity index (χ1) is 11.2. The molecule has 0 bridgehead atoms. The predicted molar refractivity (Wildman–Crippen MR) is 93.7 cm³/mol. The fraction of sp³-hybridized carbons (Fsp3) is 0.765. The number of rotatable bonds is 8. The molecule has 1 atom stereocenters. The lowest BCUT2D eigenvalue weighted by Crippen LogP contribution is -2.41. The molecule has 0 radical (unpaired) electrons. The van der Waals surface area contributed by atoms with Gasteiger partial charge in [0.25, 0.3) is 0 Å². The number of unbranched alkanes of at least 4 members (excludes halogenated alkanes) is 1. The summed E-state index contributed by atoms with van der Waals surface area (Å²) < 4.78 is 7.66. The highest BCUT2D eigenvalue weighted by Gasteiger charge is 2.18. The molecule has 0 amide bonds. The number of hydrogen-bond donors (Lipinski definition) is 1. The molecule has 2 heterocycles. The van der Waals surface area contributed by atoms with Crippen molar-refractivity contribution in [3.8, 4) is 0 Å². The summed E-state index contributed by atoms with van der Waals surface area (Å²) in [6.45, 7) is 9.74. The molecule has 1 fully saturated rings. The van der Waals surface area contributed by atoms with Gasteiger partial charge < -0.3 is 19.5 Å². The van der Waals surface area contributed by atoms with E-state index in [9.17, 15) is 0 Å². The van der Waals surface area contributed by atoms with Crippen LogP contribution >= 0.6 is 0 Å². The van der Waals surface area contributed by atoms with Gasteiger partial charge in [-0.1, -0.05) is 0 Å². The number of hydrogen-bond acceptors (Lipinski definition) is 3. The summed E-state index contributed by atoms with van der Waals surface area (Å²) in [6, 6.07) is 0. The van der Waals surface area contributed by atoms with E-state index in [4.69, 9.17) is 9.73 Å². The Hall–Kier alpha value is -1.56. The van der Waals surface area contributed by atoms with Crippen molar-refractivity contribution in [1.29, 1.82) is 0 Å². The second-order valence-corrected chi connectivity index (χ2v) is 6.22. The molecule has 1 aliphatic heterocycles. The molecule has 1 aliphatic rings. The van der Waals surface area contributed by atoms with Gasteiger partial charge in [-0.3, -0.25) is 4.99 Å². The van der Waals surface area contributed by atoms with E-state index in [0.29, 0.717) is 5.92 Å². The summed E-state index contributed by atoms with van der Waals surface area (Å²) in [5.41, 5.74) is 0. The van der Waals surface area contributed by atoms with Crippen LogP contribution in [0, 0.1) is 12.8 Å². The largest absolute Gasteiger partial charge is 0.381 e. The van der Waals surface area contributed by atoms with Crippen LogP contribution < -0.4 is 5.32 Å². The first-order valence-electron chi connectivity index (χ1n) is 8.75. The fourth-order valence-corrected chi connectivity index (χ4v) is 2.89. The molecule has 1 saturated heterocycles. The number of aromatic nitrogens is 2. The molecular weight excluding hydrogens is 290 g/mol. The summed E-state index contributed by atoms with van der Waals surface area (Å²) >= 11 is 0. The van der Waals surface area contributed by atoms with Gasteiger partial charge in [-0.2, -0.15) is 0 Å². The van der Waals surface area contributed by atoms with Crippen molar-refractivity contribution in [2.45, 2.75) is 39.7 Å². The third kappa shape index (κ3) is 5.86. The standard InChI is InChI=1S/C17H31N5O/c1-4-18-17(21(3)13-16-7-12-23-14-16)20-8-5-6-10-22-11-9-19-15(22)2/h9,11,16H,4-8,10,12-14H2,1-3H3,(H,18,20). The lowest BCUT2D eigenvalue weighted by atomic mass is 10.1. The van der Waals surface area contributed by atoms with Crippen molar-refractivity contribution in [2.75, 3.05) is 39.9 Å². The summed E-state index contributed by atoms with van der Waals surface area (Å²) in [5, 5.41) is 3.39. The Balaban J connectivity index is 1.72. The van der Waals surface area contributed by atoms with E-state index in [1.165, 1.54) is 0 Å². The van der Waals surface area contributed by atoms with Gasteiger partial charge in [-0.25, -0.2) is 4.98 Å². The van der Waals surface area contributed by atoms with Gasteiger partial charge in [0.05, 0.1) is 6.61 Å². The van der Waals surface area contributed by atoms with E-state index in [2.05, 4.69) is 33.7 Å². The van der Waals surface area contributed by atoms with Gasteiger partial charge in [0.15, 0.2) is 5.96 Å². The van der Waals surface area contributed by atoms with Crippen molar-refractivity contribution >= 4 is 5.96 Å². The molecule has 0 saturated carbocycles. The zero-order valence-corrected chi connectivity index (χ0v) is 14.8. The third-order valence-corrected chi connectivity index (χ3v) is 4.24. The predicted octanol–water partition coefficient (Wildman–Crippen LogP) is 1.91. The van der Waals surface area contributed by atoms with Crippen molar-refractivity contribution in [2.24, 2.45) is 10.9 Å². The van der Waals surface area contributed by atoms with E-state index in [0.717, 1.165) is 70.4 Å². The topological polar surface area (TPSA) is 54.7 Å². The maximum absolute atomic E-state index is 5.46. The van der Waals surface area contributed by atoms with Crippen LogP contribution in [0.15, 0.2) is 17.4 Å². The number of guanidine groups is 1. The van der Waals surface area contributed by atoms with E-state index >= 15 is 0 Å². The van der Waals surface area contributed by atoms with Gasteiger partial charge in [-0.15, -0.1) is 0 Å². The number of aryl methyl sites for hydroxylation is 2. The minimum atomic E-state index is 0.632. The third-order valence-electron chi connectivity index (χ3n) is 4.24. The molecule has 0 aromatic carbocycles. The van der Waals surface area contributed by atoms with Gasteiger partial charge in [0, 0.05) is 58.1 Å². The fourth-order valence-electron chi connectivity index (χ4n) is 2.89. The van der Waals surface area contributed by atoms with E-state index in [1.807, 2.05) is 19.3 Å². The summed E-state index contributed by atoms with van der Waals surface area (Å²) in [7, 11) is 2.12. The van der Waals surface area contributed by atoms with Crippen LogP contribution in [0.3, 0.4) is 0 Å². The van der Waals surface area contributed by atoms with E-state index in [-0.39, 0.29) is 0 Å². The smallest absolute Gasteiger partial charge is 0.193 e. The van der Waals surface area contributed by atoms with Crippen molar-refractivity contribution in [3.05, 3.63) is 18.2 Å². The highest BCUT2D eigenvalue weighted by atomic mass is 16.5. The summed E-state index contributed by atoms with van der Waals surface area (Å²) in [6.07, 6.45) is 7.28. The zero-order valence-electron chi connectivity index (χ0n) is 14.8. The van der Waals surface area contributed by atoms with Crippen LogP contribution in [0.25, 0.3) is 0 Å². The minimum absolute atomic E-state index is 0.632. The Morgan fingerprint density at radius 2 is 2.39 bits per heavy atom. The SMILES string of the molecule is CCNC(=NCCCCn1ccnc1C)N(C)CC1CCOC1. The van der Waals surface area contributed by atoms with Crippen LogP contribution in [0.2, 0.25) is 0 Å². The first kappa shape index (κ1) is 17.8. The zero-order chi connectivity index (χ0) is 16.5. The Morgan fingerprint density at radius 3 is 3.04 bits per heavy atom. The number of nitrogens with zero attached hydrogens (tertiary/aromatic N) is 4. The number of imidazole rings is 1. The second-order valence-electron chi connectivity index (χ2n) is 6.22. The highest BCUT2D eigenvalue weighted by molar-refractivity contribution is 5.79. The molecule has 1 N–H and O–H groups in total. The number of ether oxygens (including phenoxy) is 1. The van der Waals surface area contributed by atoms with E-state index in [1.54, 1.807) is 0 Å². The van der Waals surface area contributed by atoms with Gasteiger partial charge in [0.2, 0.25) is 0 Å².